The highest BCUT2D eigenvalue weighted by Gasteiger charge is 2.19. The molecule has 0 aliphatic rings. The number of rotatable bonds is 1. The van der Waals surface area contributed by atoms with Crippen LogP contribution >= 0.6 is 0 Å². The molecule has 2 rings (SSSR count). The van der Waals surface area contributed by atoms with Gasteiger partial charge in [-0.05, 0) is 25.0 Å². The molecule has 1 aromatic heterocycles. The summed E-state index contributed by atoms with van der Waals surface area (Å²) in [6.45, 7) is 3.80. The number of aromatic nitrogens is 1. The monoisotopic (exact) mass is 219 g/mol. The predicted molar refractivity (Wildman–Crippen MR) is 60.8 cm³/mol. The number of hydrogen-bond donors (Lipinski definition) is 2. The molecule has 84 valence electrons. The van der Waals surface area contributed by atoms with Crippen LogP contribution in [-0.2, 0) is 4.74 Å². The molecule has 0 bridgehead atoms. The first-order valence-corrected chi connectivity index (χ1v) is 4.95. The number of fused-ring (bicyclic) bond motifs is 1. The Kier molecular flexibility index (Phi) is 2.34. The first-order valence-electron chi connectivity index (χ1n) is 4.95. The van der Waals surface area contributed by atoms with Crippen LogP contribution in [0.25, 0.3) is 10.9 Å². The molecule has 0 aliphatic heterocycles. The van der Waals surface area contributed by atoms with Crippen molar-refractivity contribution in [2.45, 2.75) is 13.8 Å². The molecule has 0 spiro atoms. The van der Waals surface area contributed by atoms with Gasteiger partial charge in [0.15, 0.2) is 11.4 Å². The van der Waals surface area contributed by atoms with E-state index in [0.717, 1.165) is 16.6 Å². The molecule has 0 saturated carbocycles. The van der Waals surface area contributed by atoms with E-state index >= 15 is 0 Å². The van der Waals surface area contributed by atoms with Crippen LogP contribution < -0.4 is 0 Å². The van der Waals surface area contributed by atoms with Gasteiger partial charge in [0.25, 0.3) is 0 Å². The molecule has 0 saturated heterocycles. The van der Waals surface area contributed by atoms with E-state index in [0.29, 0.717) is 5.39 Å². The second-order valence-corrected chi connectivity index (χ2v) is 3.79. The Hall–Kier alpha value is -1.97. The lowest BCUT2D eigenvalue weighted by molar-refractivity contribution is 0.0592. The van der Waals surface area contributed by atoms with Crippen molar-refractivity contribution in [3.8, 4) is 5.75 Å². The average Bonchev–Trinajstić information content (AvgIpc) is 2.62. The van der Waals surface area contributed by atoms with Crippen molar-refractivity contribution in [1.82, 2.24) is 4.98 Å². The normalized spacial score (nSPS) is 10.7. The standard InChI is InChI=1S/C12H13NO3/c1-6-4-5-7(2)9-8(6)11(14)10(13-9)12(15)16-3/h4-5,13-14H,1-3H3. The van der Waals surface area contributed by atoms with E-state index in [1.54, 1.807) is 0 Å². The lowest BCUT2D eigenvalue weighted by Crippen LogP contribution is -2.01. The van der Waals surface area contributed by atoms with Gasteiger partial charge < -0.3 is 14.8 Å². The van der Waals surface area contributed by atoms with Crippen LogP contribution in [-0.4, -0.2) is 23.2 Å². The van der Waals surface area contributed by atoms with E-state index < -0.39 is 5.97 Å². The maximum atomic E-state index is 11.4. The second-order valence-electron chi connectivity index (χ2n) is 3.79. The fourth-order valence-corrected chi connectivity index (χ4v) is 1.84. The summed E-state index contributed by atoms with van der Waals surface area (Å²) in [7, 11) is 1.28. The minimum absolute atomic E-state index is 0.0388. The van der Waals surface area contributed by atoms with Crippen molar-refractivity contribution in [1.29, 1.82) is 0 Å². The van der Waals surface area contributed by atoms with Gasteiger partial charge in [0.05, 0.1) is 12.6 Å². The fourth-order valence-electron chi connectivity index (χ4n) is 1.84. The van der Waals surface area contributed by atoms with Crippen LogP contribution in [0.5, 0.6) is 5.75 Å². The molecule has 1 heterocycles. The van der Waals surface area contributed by atoms with Gasteiger partial charge >= 0.3 is 5.97 Å². The Morgan fingerprint density at radius 2 is 1.94 bits per heavy atom. The minimum atomic E-state index is -0.563. The quantitative estimate of drug-likeness (QED) is 0.723. The van der Waals surface area contributed by atoms with Crippen LogP contribution in [0.1, 0.15) is 21.6 Å². The van der Waals surface area contributed by atoms with Crippen LogP contribution in [0.3, 0.4) is 0 Å². The largest absolute Gasteiger partial charge is 0.505 e. The number of ether oxygens (including phenoxy) is 1. The highest BCUT2D eigenvalue weighted by atomic mass is 16.5. The average molecular weight is 219 g/mol. The Morgan fingerprint density at radius 1 is 1.31 bits per heavy atom. The zero-order valence-corrected chi connectivity index (χ0v) is 9.42. The number of H-pyrrole nitrogens is 1. The Balaban J connectivity index is 2.82. The SMILES string of the molecule is COC(=O)c1[nH]c2c(C)ccc(C)c2c1O. The molecular formula is C12H13NO3. The molecule has 2 aromatic rings. The number of carbonyl (C=O) groups excluding carboxylic acids is 1. The van der Waals surface area contributed by atoms with Gasteiger partial charge in [-0.15, -0.1) is 0 Å². The van der Waals surface area contributed by atoms with E-state index in [-0.39, 0.29) is 11.4 Å². The van der Waals surface area contributed by atoms with Gasteiger partial charge in [-0.2, -0.15) is 0 Å². The molecule has 16 heavy (non-hydrogen) atoms. The summed E-state index contributed by atoms with van der Waals surface area (Å²) in [6.07, 6.45) is 0. The van der Waals surface area contributed by atoms with Crippen molar-refractivity contribution >= 4 is 16.9 Å². The molecule has 1 aromatic carbocycles. The maximum absolute atomic E-state index is 11.4. The summed E-state index contributed by atoms with van der Waals surface area (Å²) in [5.74, 6) is -0.601. The number of methoxy groups -OCH3 is 1. The molecule has 0 aliphatic carbocycles. The first kappa shape index (κ1) is 10.5. The van der Waals surface area contributed by atoms with Gasteiger partial charge in [-0.1, -0.05) is 12.1 Å². The summed E-state index contributed by atoms with van der Waals surface area (Å²) in [5.41, 5.74) is 2.78. The van der Waals surface area contributed by atoms with E-state index in [1.165, 1.54) is 7.11 Å². The van der Waals surface area contributed by atoms with Crippen molar-refractivity contribution in [2.24, 2.45) is 0 Å². The molecular weight excluding hydrogens is 206 g/mol. The lowest BCUT2D eigenvalue weighted by Gasteiger charge is -1.99. The molecule has 2 N–H and O–H groups in total. The third kappa shape index (κ3) is 1.34. The minimum Gasteiger partial charge on any atom is -0.505 e. The van der Waals surface area contributed by atoms with Gasteiger partial charge in [-0.3, -0.25) is 0 Å². The third-order valence-electron chi connectivity index (χ3n) is 2.74. The number of aryl methyl sites for hydroxylation is 2. The predicted octanol–water partition coefficient (Wildman–Crippen LogP) is 2.28. The highest BCUT2D eigenvalue weighted by molar-refractivity contribution is 6.02. The topological polar surface area (TPSA) is 62.3 Å². The second kappa shape index (κ2) is 3.56. The van der Waals surface area contributed by atoms with E-state index in [1.807, 2.05) is 26.0 Å². The Bertz CT molecular complexity index is 569. The fraction of sp³-hybridized carbons (Fsp3) is 0.250. The lowest BCUT2D eigenvalue weighted by atomic mass is 10.1. The van der Waals surface area contributed by atoms with E-state index in [4.69, 9.17) is 0 Å². The van der Waals surface area contributed by atoms with Gasteiger partial charge in [0, 0.05) is 5.39 Å². The number of carbonyl (C=O) groups is 1. The molecule has 0 unspecified atom stereocenters. The molecule has 4 nitrogen and oxygen atoms in total. The van der Waals surface area contributed by atoms with Crippen LogP contribution in [0, 0.1) is 13.8 Å². The molecule has 0 amide bonds. The van der Waals surface area contributed by atoms with Crippen molar-refractivity contribution in [3.05, 3.63) is 29.0 Å². The van der Waals surface area contributed by atoms with Crippen LogP contribution in [0.2, 0.25) is 0 Å². The van der Waals surface area contributed by atoms with E-state index in [9.17, 15) is 9.90 Å². The molecule has 4 heteroatoms. The smallest absolute Gasteiger partial charge is 0.358 e. The van der Waals surface area contributed by atoms with Gasteiger partial charge in [0.2, 0.25) is 0 Å². The van der Waals surface area contributed by atoms with Crippen LogP contribution in [0.15, 0.2) is 12.1 Å². The van der Waals surface area contributed by atoms with Gasteiger partial charge in [-0.25, -0.2) is 4.79 Å². The third-order valence-corrected chi connectivity index (χ3v) is 2.74. The molecule has 0 radical (unpaired) electrons. The number of benzene rings is 1. The maximum Gasteiger partial charge on any atom is 0.358 e. The van der Waals surface area contributed by atoms with Crippen LogP contribution in [0.4, 0.5) is 0 Å². The summed E-state index contributed by atoms with van der Waals surface area (Å²) in [5, 5.41) is 10.6. The Labute approximate surface area is 92.9 Å². The molecule has 0 fully saturated rings. The number of esters is 1. The Morgan fingerprint density at radius 3 is 2.50 bits per heavy atom. The number of aromatic amines is 1. The number of aromatic hydroxyl groups is 1. The first-order chi connectivity index (χ1) is 7.56. The van der Waals surface area contributed by atoms with Crippen molar-refractivity contribution < 1.29 is 14.6 Å². The van der Waals surface area contributed by atoms with Crippen molar-refractivity contribution in [2.75, 3.05) is 7.11 Å². The zero-order chi connectivity index (χ0) is 11.9. The zero-order valence-electron chi connectivity index (χ0n) is 9.42. The molecule has 0 atom stereocenters. The highest BCUT2D eigenvalue weighted by Crippen LogP contribution is 2.33. The van der Waals surface area contributed by atoms with Crippen molar-refractivity contribution in [3.63, 3.8) is 0 Å². The number of hydrogen-bond acceptors (Lipinski definition) is 3. The summed E-state index contributed by atoms with van der Waals surface area (Å²) >= 11 is 0. The van der Waals surface area contributed by atoms with E-state index in [2.05, 4.69) is 9.72 Å². The number of nitrogens with one attached hydrogen (secondary N) is 1. The van der Waals surface area contributed by atoms with Gasteiger partial charge in [0.1, 0.15) is 0 Å². The summed E-state index contributed by atoms with van der Waals surface area (Å²) in [4.78, 5) is 14.3. The summed E-state index contributed by atoms with van der Waals surface area (Å²) < 4.78 is 4.60. The summed E-state index contributed by atoms with van der Waals surface area (Å²) in [6, 6.07) is 3.85.